The average Bonchev–Trinajstić information content (AvgIpc) is 2.65. The Morgan fingerprint density at radius 3 is 2.41 bits per heavy atom. The number of carboxylic acid groups (broad SMARTS) is 1. The number of Topliss-reactive ketones (excluding diaryl/α,β-unsaturated/α-hetero) is 1. The highest BCUT2D eigenvalue weighted by molar-refractivity contribution is 5.94. The first-order valence-electron chi connectivity index (χ1n) is 8.69. The molecule has 6 nitrogen and oxygen atoms in total. The Labute approximate surface area is 158 Å². The molecule has 1 N–H and O–H groups in total. The number of ether oxygens (including phenoxy) is 1. The Hall–Kier alpha value is -3.15. The lowest BCUT2D eigenvalue weighted by Crippen LogP contribution is -2.44. The van der Waals surface area contributed by atoms with Gasteiger partial charge in [-0.2, -0.15) is 0 Å². The average molecular weight is 369 g/mol. The molecule has 0 bridgehead atoms. The van der Waals surface area contributed by atoms with E-state index in [1.54, 1.807) is 31.2 Å². The molecule has 0 aliphatic heterocycles. The van der Waals surface area contributed by atoms with Gasteiger partial charge in [0, 0.05) is 12.1 Å². The smallest absolute Gasteiger partial charge is 0.323 e. The van der Waals surface area contributed by atoms with Gasteiger partial charge < -0.3 is 14.7 Å². The maximum atomic E-state index is 12.7. The van der Waals surface area contributed by atoms with Gasteiger partial charge in [0.1, 0.15) is 12.3 Å². The maximum Gasteiger partial charge on any atom is 0.323 e. The number of carbonyl (C=O) groups excluding carboxylic acids is 2. The Bertz CT molecular complexity index is 803. The molecule has 2 aromatic rings. The van der Waals surface area contributed by atoms with Gasteiger partial charge in [-0.05, 0) is 38.0 Å². The molecule has 142 valence electrons. The van der Waals surface area contributed by atoms with Crippen molar-refractivity contribution in [2.45, 2.75) is 26.4 Å². The third-order valence-corrected chi connectivity index (χ3v) is 4.05. The van der Waals surface area contributed by atoms with Crippen molar-refractivity contribution in [3.8, 4) is 5.75 Å². The van der Waals surface area contributed by atoms with Gasteiger partial charge in [0.15, 0.2) is 11.9 Å². The second-order valence-corrected chi connectivity index (χ2v) is 6.23. The lowest BCUT2D eigenvalue weighted by Gasteiger charge is -2.25. The molecule has 0 fully saturated rings. The number of benzene rings is 2. The van der Waals surface area contributed by atoms with Crippen LogP contribution in [0.15, 0.2) is 54.6 Å². The van der Waals surface area contributed by atoms with Crippen LogP contribution in [0.25, 0.3) is 0 Å². The zero-order valence-corrected chi connectivity index (χ0v) is 15.4. The summed E-state index contributed by atoms with van der Waals surface area (Å²) >= 11 is 0. The minimum absolute atomic E-state index is 0.102. The largest absolute Gasteiger partial charge is 0.481 e. The summed E-state index contributed by atoms with van der Waals surface area (Å²) in [4.78, 5) is 36.6. The highest BCUT2D eigenvalue weighted by Gasteiger charge is 2.24. The van der Waals surface area contributed by atoms with Crippen molar-refractivity contribution >= 4 is 17.7 Å². The summed E-state index contributed by atoms with van der Waals surface area (Å²) < 4.78 is 5.65. The highest BCUT2D eigenvalue weighted by Crippen LogP contribution is 2.16. The Balaban J connectivity index is 2.05. The molecule has 6 heteroatoms. The minimum Gasteiger partial charge on any atom is -0.481 e. The standard InChI is InChI=1S/C21H23NO5/c1-15(23)18-9-6-10-19(13-18)27-16(2)21(26)22(14-20(24)25)12-11-17-7-4-3-5-8-17/h3-10,13,16H,11-12,14H2,1-2H3,(H,24,25). The van der Waals surface area contributed by atoms with Gasteiger partial charge in [-0.15, -0.1) is 0 Å². The number of carboxylic acids is 1. The van der Waals surface area contributed by atoms with Crippen LogP contribution in [0.4, 0.5) is 0 Å². The summed E-state index contributed by atoms with van der Waals surface area (Å²) in [5, 5.41) is 9.13. The molecule has 0 aliphatic carbocycles. The summed E-state index contributed by atoms with van der Waals surface area (Å²) in [6.07, 6.45) is -0.325. The molecule has 1 unspecified atom stereocenters. The molecule has 2 aromatic carbocycles. The van der Waals surface area contributed by atoms with E-state index in [1.165, 1.54) is 11.8 Å². The van der Waals surface area contributed by atoms with Crippen molar-refractivity contribution in [2.24, 2.45) is 0 Å². The van der Waals surface area contributed by atoms with E-state index in [0.717, 1.165) is 5.56 Å². The van der Waals surface area contributed by atoms with Gasteiger partial charge >= 0.3 is 5.97 Å². The first kappa shape index (κ1) is 20.2. The van der Waals surface area contributed by atoms with Crippen molar-refractivity contribution in [1.82, 2.24) is 4.90 Å². The number of nitrogens with zero attached hydrogens (tertiary/aromatic N) is 1. The number of hydrogen-bond acceptors (Lipinski definition) is 4. The SMILES string of the molecule is CC(=O)c1cccc(OC(C)C(=O)N(CCc2ccccc2)CC(=O)O)c1. The fourth-order valence-electron chi connectivity index (χ4n) is 2.64. The van der Waals surface area contributed by atoms with E-state index in [0.29, 0.717) is 17.7 Å². The zero-order chi connectivity index (χ0) is 19.8. The van der Waals surface area contributed by atoms with E-state index < -0.39 is 24.5 Å². The molecule has 0 aromatic heterocycles. The topological polar surface area (TPSA) is 83.9 Å². The summed E-state index contributed by atoms with van der Waals surface area (Å²) in [5.41, 5.74) is 1.50. The first-order valence-corrected chi connectivity index (χ1v) is 8.69. The second-order valence-electron chi connectivity index (χ2n) is 6.23. The second kappa shape index (κ2) is 9.52. The third-order valence-electron chi connectivity index (χ3n) is 4.05. The van der Waals surface area contributed by atoms with Gasteiger partial charge in [-0.3, -0.25) is 14.4 Å². The molecule has 2 rings (SSSR count). The molecule has 0 aliphatic rings. The Kier molecular flexibility index (Phi) is 7.11. The fourth-order valence-corrected chi connectivity index (χ4v) is 2.64. The van der Waals surface area contributed by atoms with E-state index in [9.17, 15) is 14.4 Å². The Morgan fingerprint density at radius 2 is 1.78 bits per heavy atom. The van der Waals surface area contributed by atoms with Crippen LogP contribution in [0.5, 0.6) is 5.75 Å². The summed E-state index contributed by atoms with van der Waals surface area (Å²) in [6.45, 7) is 2.90. The van der Waals surface area contributed by atoms with Gasteiger partial charge in [-0.1, -0.05) is 42.5 Å². The van der Waals surface area contributed by atoms with Gasteiger partial charge in [0.25, 0.3) is 5.91 Å². The third kappa shape index (κ3) is 6.26. The van der Waals surface area contributed by atoms with Crippen molar-refractivity contribution in [3.05, 3.63) is 65.7 Å². The van der Waals surface area contributed by atoms with Gasteiger partial charge in [0.2, 0.25) is 0 Å². The van der Waals surface area contributed by atoms with Crippen molar-refractivity contribution in [1.29, 1.82) is 0 Å². The first-order chi connectivity index (χ1) is 12.9. The van der Waals surface area contributed by atoms with Crippen LogP contribution < -0.4 is 4.74 Å². The van der Waals surface area contributed by atoms with Crippen LogP contribution in [0.2, 0.25) is 0 Å². The number of aliphatic carboxylic acids is 1. The van der Waals surface area contributed by atoms with Crippen LogP contribution in [0, 0.1) is 0 Å². The van der Waals surface area contributed by atoms with Crippen molar-refractivity contribution in [2.75, 3.05) is 13.1 Å². The Morgan fingerprint density at radius 1 is 1.07 bits per heavy atom. The van der Waals surface area contributed by atoms with Crippen LogP contribution >= 0.6 is 0 Å². The number of rotatable bonds is 9. The number of amides is 1. The number of ketones is 1. The predicted molar refractivity (Wildman–Crippen MR) is 101 cm³/mol. The van der Waals surface area contributed by atoms with Crippen LogP contribution in [-0.2, 0) is 16.0 Å². The van der Waals surface area contributed by atoms with Gasteiger partial charge in [-0.25, -0.2) is 0 Å². The number of hydrogen-bond donors (Lipinski definition) is 1. The molecule has 0 saturated carbocycles. The molecular weight excluding hydrogens is 346 g/mol. The molecule has 0 saturated heterocycles. The van der Waals surface area contributed by atoms with Crippen molar-refractivity contribution in [3.63, 3.8) is 0 Å². The van der Waals surface area contributed by atoms with E-state index in [-0.39, 0.29) is 12.3 Å². The van der Waals surface area contributed by atoms with E-state index in [1.807, 2.05) is 30.3 Å². The van der Waals surface area contributed by atoms with E-state index in [2.05, 4.69) is 0 Å². The van der Waals surface area contributed by atoms with Crippen molar-refractivity contribution < 1.29 is 24.2 Å². The monoisotopic (exact) mass is 369 g/mol. The molecule has 0 spiro atoms. The molecule has 1 amide bonds. The summed E-state index contributed by atoms with van der Waals surface area (Å²) in [7, 11) is 0. The minimum atomic E-state index is -1.08. The molecular formula is C21H23NO5. The summed E-state index contributed by atoms with van der Waals surface area (Å²) in [5.74, 6) is -1.21. The fraction of sp³-hybridized carbons (Fsp3) is 0.286. The molecule has 27 heavy (non-hydrogen) atoms. The van der Waals surface area contributed by atoms with E-state index in [4.69, 9.17) is 9.84 Å². The predicted octanol–water partition coefficient (Wildman–Crippen LogP) is 2.81. The lowest BCUT2D eigenvalue weighted by atomic mass is 10.1. The highest BCUT2D eigenvalue weighted by atomic mass is 16.5. The normalized spacial score (nSPS) is 11.5. The van der Waals surface area contributed by atoms with Gasteiger partial charge in [0.05, 0.1) is 0 Å². The number of carbonyl (C=O) groups is 3. The molecule has 0 radical (unpaired) electrons. The molecule has 0 heterocycles. The zero-order valence-electron chi connectivity index (χ0n) is 15.4. The van der Waals surface area contributed by atoms with Crippen LogP contribution in [0.1, 0.15) is 29.8 Å². The maximum absolute atomic E-state index is 12.7. The van der Waals surface area contributed by atoms with Crippen LogP contribution in [-0.4, -0.2) is 46.9 Å². The van der Waals surface area contributed by atoms with Crippen LogP contribution in [0.3, 0.4) is 0 Å². The quantitative estimate of drug-likeness (QED) is 0.687. The van der Waals surface area contributed by atoms with E-state index >= 15 is 0 Å². The lowest BCUT2D eigenvalue weighted by molar-refractivity contribution is -0.147. The molecule has 1 atom stereocenters. The summed E-state index contributed by atoms with van der Waals surface area (Å²) in [6, 6.07) is 16.1.